The van der Waals surface area contributed by atoms with Crippen LogP contribution in [-0.4, -0.2) is 16.5 Å². The number of rotatable bonds is 3. The lowest BCUT2D eigenvalue weighted by Crippen LogP contribution is -2.29. The van der Waals surface area contributed by atoms with Gasteiger partial charge in [0, 0.05) is 10.9 Å². The smallest absolute Gasteiger partial charge is 0.0629 e. The fraction of sp³-hybridized carbons (Fsp3) is 0.294. The number of nitrogens with one attached hydrogen (secondary N) is 1. The zero-order valence-electron chi connectivity index (χ0n) is 11.8. The maximum atomic E-state index is 12.9. The van der Waals surface area contributed by atoms with E-state index in [1.54, 1.807) is 0 Å². The van der Waals surface area contributed by atoms with Gasteiger partial charge in [0.05, 0.1) is 16.0 Å². The fourth-order valence-electron chi connectivity index (χ4n) is 3.01. The Hall–Kier alpha value is -1.45. The predicted molar refractivity (Wildman–Crippen MR) is 83.3 cm³/mol. The Kier molecular flexibility index (Phi) is 3.72. The summed E-state index contributed by atoms with van der Waals surface area (Å²) in [6.07, 6.45) is 0.877. The molecule has 2 nitrogen and oxygen atoms in total. The summed E-state index contributed by atoms with van der Waals surface area (Å²) in [7, 11) is 0.964. The summed E-state index contributed by atoms with van der Waals surface area (Å²) in [6, 6.07) is 16.6. The molecule has 0 spiro atoms. The molecule has 0 fully saturated rings. The molecule has 3 unspecified atom stereocenters. The van der Waals surface area contributed by atoms with E-state index in [4.69, 9.17) is 0 Å². The number of aryl methyl sites for hydroxylation is 1. The van der Waals surface area contributed by atoms with Crippen LogP contribution in [0.5, 0.6) is 0 Å². The van der Waals surface area contributed by atoms with Gasteiger partial charge in [-0.1, -0.05) is 36.4 Å². The normalized spacial score (nSPS) is 22.5. The monoisotopic (exact) mass is 285 g/mol. The molecule has 1 N–H and O–H groups in total. The van der Waals surface area contributed by atoms with Crippen LogP contribution in [0.2, 0.25) is 0 Å². The van der Waals surface area contributed by atoms with E-state index in [1.165, 1.54) is 11.1 Å². The number of benzene rings is 2. The second kappa shape index (κ2) is 5.51. The summed E-state index contributed by atoms with van der Waals surface area (Å²) in [5.41, 5.74) is 3.77. The fourth-order valence-corrected chi connectivity index (χ4v) is 4.74. The summed E-state index contributed by atoms with van der Waals surface area (Å²) >= 11 is 0. The second-order valence-electron chi connectivity index (χ2n) is 5.32. The van der Waals surface area contributed by atoms with E-state index >= 15 is 0 Å². The van der Waals surface area contributed by atoms with Crippen LogP contribution in [0.25, 0.3) is 0 Å². The van der Waals surface area contributed by atoms with Crippen molar-refractivity contribution in [2.45, 2.75) is 29.5 Å². The summed E-state index contributed by atoms with van der Waals surface area (Å²) in [5, 5.41) is 3.45. The van der Waals surface area contributed by atoms with Crippen molar-refractivity contribution in [2.24, 2.45) is 0 Å². The largest absolute Gasteiger partial charge is 0.312 e. The highest BCUT2D eigenvalue weighted by Gasteiger charge is 2.35. The minimum Gasteiger partial charge on any atom is -0.312 e. The minimum absolute atomic E-state index is 0.110. The second-order valence-corrected chi connectivity index (χ2v) is 6.99. The average molecular weight is 285 g/mol. The quantitative estimate of drug-likeness (QED) is 0.939. The molecule has 0 aromatic heterocycles. The van der Waals surface area contributed by atoms with Crippen LogP contribution < -0.4 is 5.32 Å². The van der Waals surface area contributed by atoms with E-state index in [-0.39, 0.29) is 11.3 Å². The summed E-state index contributed by atoms with van der Waals surface area (Å²) in [4.78, 5) is 0.933. The Morgan fingerprint density at radius 1 is 1.15 bits per heavy atom. The molecule has 3 rings (SSSR count). The maximum Gasteiger partial charge on any atom is 0.0629 e. The van der Waals surface area contributed by atoms with Gasteiger partial charge in [0.1, 0.15) is 0 Å². The van der Waals surface area contributed by atoms with Crippen LogP contribution in [0.15, 0.2) is 53.4 Å². The summed E-state index contributed by atoms with van der Waals surface area (Å²) < 4.78 is 12.9. The Balaban J connectivity index is 1.94. The van der Waals surface area contributed by atoms with Gasteiger partial charge in [-0.3, -0.25) is 4.21 Å². The van der Waals surface area contributed by atoms with Crippen molar-refractivity contribution in [3.63, 3.8) is 0 Å². The van der Waals surface area contributed by atoms with Gasteiger partial charge in [0.2, 0.25) is 0 Å². The van der Waals surface area contributed by atoms with E-state index in [0.717, 1.165) is 16.9 Å². The molecule has 0 bridgehead atoms. The Morgan fingerprint density at radius 3 is 2.70 bits per heavy atom. The van der Waals surface area contributed by atoms with Gasteiger partial charge in [-0.2, -0.15) is 0 Å². The van der Waals surface area contributed by atoms with Crippen molar-refractivity contribution in [2.75, 3.05) is 7.05 Å². The Labute approximate surface area is 122 Å². The van der Waals surface area contributed by atoms with Gasteiger partial charge in [-0.05, 0) is 49.2 Å². The molecule has 3 atom stereocenters. The molecule has 1 aliphatic rings. The van der Waals surface area contributed by atoms with Crippen molar-refractivity contribution >= 4 is 10.8 Å². The average Bonchev–Trinajstić information content (AvgIpc) is 2.85. The highest BCUT2D eigenvalue weighted by molar-refractivity contribution is 7.85. The van der Waals surface area contributed by atoms with Crippen LogP contribution in [0.4, 0.5) is 0 Å². The lowest BCUT2D eigenvalue weighted by molar-refractivity contribution is 0.581. The Morgan fingerprint density at radius 2 is 1.95 bits per heavy atom. The van der Waals surface area contributed by atoms with Crippen LogP contribution in [0.3, 0.4) is 0 Å². The topological polar surface area (TPSA) is 29.1 Å². The first-order chi connectivity index (χ1) is 9.70. The lowest BCUT2D eigenvalue weighted by atomic mass is 10.1. The molecule has 1 aliphatic carbocycles. The first-order valence-electron chi connectivity index (χ1n) is 6.93. The molecule has 104 valence electrons. The molecule has 0 saturated carbocycles. The molecule has 3 heteroatoms. The third kappa shape index (κ3) is 2.32. The van der Waals surface area contributed by atoms with E-state index < -0.39 is 10.8 Å². The van der Waals surface area contributed by atoms with Crippen molar-refractivity contribution in [1.29, 1.82) is 0 Å². The van der Waals surface area contributed by atoms with Gasteiger partial charge >= 0.3 is 0 Å². The number of hydrogen-bond acceptors (Lipinski definition) is 2. The molecule has 20 heavy (non-hydrogen) atoms. The SMILES string of the molecule is CNC1c2ccccc2CC1S(=O)c1cccc(C)c1. The molecule has 0 amide bonds. The minimum atomic E-state index is -0.988. The third-order valence-corrected chi connectivity index (χ3v) is 5.70. The zero-order valence-corrected chi connectivity index (χ0v) is 12.6. The van der Waals surface area contributed by atoms with E-state index in [1.807, 2.05) is 38.2 Å². The maximum absolute atomic E-state index is 12.9. The third-order valence-electron chi connectivity index (χ3n) is 3.99. The molecule has 0 radical (unpaired) electrons. The van der Waals surface area contributed by atoms with Crippen LogP contribution >= 0.6 is 0 Å². The van der Waals surface area contributed by atoms with Gasteiger partial charge in [-0.15, -0.1) is 0 Å². The van der Waals surface area contributed by atoms with Gasteiger partial charge in [0.15, 0.2) is 0 Å². The molecule has 0 aliphatic heterocycles. The van der Waals surface area contributed by atoms with Crippen molar-refractivity contribution in [3.8, 4) is 0 Å². The van der Waals surface area contributed by atoms with Crippen molar-refractivity contribution < 1.29 is 4.21 Å². The highest BCUT2D eigenvalue weighted by Crippen LogP contribution is 2.35. The molecule has 0 saturated heterocycles. The first kappa shape index (κ1) is 13.5. The zero-order chi connectivity index (χ0) is 14.1. The van der Waals surface area contributed by atoms with Gasteiger partial charge in [0.25, 0.3) is 0 Å². The molecule has 2 aromatic rings. The molecular weight excluding hydrogens is 266 g/mol. The number of hydrogen-bond donors (Lipinski definition) is 1. The van der Waals surface area contributed by atoms with E-state index in [0.29, 0.717) is 0 Å². The van der Waals surface area contributed by atoms with Crippen LogP contribution in [0, 0.1) is 6.92 Å². The standard InChI is InChI=1S/C17H19NOS/c1-12-6-5-8-14(10-12)20(19)16-11-13-7-3-4-9-15(13)17(16)18-2/h3-10,16-18H,11H2,1-2H3. The summed E-state index contributed by atoms with van der Waals surface area (Å²) in [5.74, 6) is 0. The molecular formula is C17H19NOS. The Bertz CT molecular complexity index is 653. The lowest BCUT2D eigenvalue weighted by Gasteiger charge is -2.19. The van der Waals surface area contributed by atoms with Crippen molar-refractivity contribution in [1.82, 2.24) is 5.32 Å². The van der Waals surface area contributed by atoms with Crippen LogP contribution in [0.1, 0.15) is 22.7 Å². The number of fused-ring (bicyclic) bond motifs is 1. The molecule has 2 aromatic carbocycles. The molecule has 0 heterocycles. The highest BCUT2D eigenvalue weighted by atomic mass is 32.2. The first-order valence-corrected chi connectivity index (χ1v) is 8.14. The van der Waals surface area contributed by atoms with Gasteiger partial charge < -0.3 is 5.32 Å². The van der Waals surface area contributed by atoms with Crippen molar-refractivity contribution in [3.05, 3.63) is 65.2 Å². The van der Waals surface area contributed by atoms with E-state index in [2.05, 4.69) is 29.6 Å². The van der Waals surface area contributed by atoms with E-state index in [9.17, 15) is 4.21 Å². The summed E-state index contributed by atoms with van der Waals surface area (Å²) in [6.45, 7) is 2.04. The van der Waals surface area contributed by atoms with Crippen LogP contribution in [-0.2, 0) is 17.2 Å². The predicted octanol–water partition coefficient (Wildman–Crippen LogP) is 2.99. The van der Waals surface area contributed by atoms with Gasteiger partial charge in [-0.25, -0.2) is 0 Å².